The predicted molar refractivity (Wildman–Crippen MR) is 96.3 cm³/mol. The highest BCUT2D eigenvalue weighted by atomic mass is 19.2. The van der Waals surface area contributed by atoms with Crippen LogP contribution in [0.2, 0.25) is 0 Å². The Bertz CT molecular complexity index is 896. The first-order valence-corrected chi connectivity index (χ1v) is 9.05. The predicted octanol–water partition coefficient (Wildman–Crippen LogP) is 3.73. The van der Waals surface area contributed by atoms with Gasteiger partial charge in [0.05, 0.1) is 12.8 Å². The highest BCUT2D eigenvalue weighted by molar-refractivity contribution is 5.79. The van der Waals surface area contributed by atoms with E-state index < -0.39 is 41.8 Å². The lowest BCUT2D eigenvalue weighted by Crippen LogP contribution is -2.39. The lowest BCUT2D eigenvalue weighted by Gasteiger charge is -2.18. The molecule has 3 rings (SSSR count). The highest BCUT2D eigenvalue weighted by Crippen LogP contribution is 2.40. The third-order valence-corrected chi connectivity index (χ3v) is 4.71. The van der Waals surface area contributed by atoms with Crippen molar-refractivity contribution in [3.8, 4) is 0 Å². The zero-order valence-corrected chi connectivity index (χ0v) is 15.1. The summed E-state index contributed by atoms with van der Waals surface area (Å²) >= 11 is 0. The van der Waals surface area contributed by atoms with Crippen molar-refractivity contribution < 1.29 is 27.9 Å². The van der Waals surface area contributed by atoms with E-state index in [1.165, 1.54) is 5.56 Å². The number of carboxylic acids is 1. The molecule has 0 aliphatic heterocycles. The van der Waals surface area contributed by atoms with Crippen LogP contribution >= 0.6 is 0 Å². The molecule has 148 valence electrons. The van der Waals surface area contributed by atoms with Crippen molar-refractivity contribution in [3.05, 3.63) is 70.5 Å². The van der Waals surface area contributed by atoms with Crippen molar-refractivity contribution in [1.29, 1.82) is 0 Å². The van der Waals surface area contributed by atoms with E-state index in [4.69, 9.17) is 5.11 Å². The summed E-state index contributed by atoms with van der Waals surface area (Å²) in [5.74, 6) is -4.60. The molecular formula is C21H20F3NO3. The van der Waals surface area contributed by atoms with Gasteiger partial charge in [-0.25, -0.2) is 13.2 Å². The molecule has 4 nitrogen and oxygen atoms in total. The van der Waals surface area contributed by atoms with Gasteiger partial charge in [-0.15, -0.1) is 0 Å². The molecular weight excluding hydrogens is 371 g/mol. The molecule has 0 spiro atoms. The maximum atomic E-state index is 13.9. The average Bonchev–Trinajstić information content (AvgIpc) is 3.44. The Morgan fingerprint density at radius 1 is 1.07 bits per heavy atom. The van der Waals surface area contributed by atoms with Crippen LogP contribution in [0.25, 0.3) is 0 Å². The van der Waals surface area contributed by atoms with Crippen molar-refractivity contribution in [2.45, 2.75) is 44.1 Å². The van der Waals surface area contributed by atoms with E-state index in [9.17, 15) is 22.8 Å². The van der Waals surface area contributed by atoms with Gasteiger partial charge in [0.15, 0.2) is 11.6 Å². The number of nitrogens with one attached hydrogen (secondary N) is 1. The summed E-state index contributed by atoms with van der Waals surface area (Å²) in [6.07, 6.45) is 1.60. The van der Waals surface area contributed by atoms with Gasteiger partial charge in [-0.3, -0.25) is 9.59 Å². The second-order valence-electron chi connectivity index (χ2n) is 7.12. The molecule has 2 aromatic rings. The van der Waals surface area contributed by atoms with Crippen LogP contribution in [0.15, 0.2) is 36.4 Å². The number of benzene rings is 2. The van der Waals surface area contributed by atoms with Gasteiger partial charge in [-0.2, -0.15) is 0 Å². The molecule has 1 aliphatic rings. The monoisotopic (exact) mass is 391 g/mol. The molecule has 28 heavy (non-hydrogen) atoms. The van der Waals surface area contributed by atoms with Crippen LogP contribution in [0.4, 0.5) is 13.2 Å². The molecule has 1 atom stereocenters. The van der Waals surface area contributed by atoms with Crippen LogP contribution in [-0.4, -0.2) is 23.0 Å². The Hall–Kier alpha value is -2.83. The van der Waals surface area contributed by atoms with E-state index in [1.807, 2.05) is 24.3 Å². The lowest BCUT2D eigenvalue weighted by molar-refractivity contribution is -0.137. The van der Waals surface area contributed by atoms with Gasteiger partial charge in [-0.1, -0.05) is 24.3 Å². The zero-order chi connectivity index (χ0) is 20.3. The van der Waals surface area contributed by atoms with E-state index in [2.05, 4.69) is 5.32 Å². The molecule has 1 saturated carbocycles. The number of carbonyl (C=O) groups is 2. The summed E-state index contributed by atoms with van der Waals surface area (Å²) in [4.78, 5) is 23.5. The fraction of sp³-hybridized carbons (Fsp3) is 0.333. The van der Waals surface area contributed by atoms with Gasteiger partial charge in [-0.05, 0) is 47.9 Å². The normalized spacial score (nSPS) is 14.5. The fourth-order valence-corrected chi connectivity index (χ4v) is 3.21. The Balaban J connectivity index is 1.68. The number of carboxylic acid groups (broad SMARTS) is 1. The summed E-state index contributed by atoms with van der Waals surface area (Å²) < 4.78 is 40.3. The number of hydrogen-bond acceptors (Lipinski definition) is 2. The molecule has 1 amide bonds. The second-order valence-corrected chi connectivity index (χ2v) is 7.12. The smallest absolute Gasteiger partial charge is 0.305 e. The number of amides is 1. The summed E-state index contributed by atoms with van der Waals surface area (Å²) in [5.41, 5.74) is 1.78. The summed E-state index contributed by atoms with van der Waals surface area (Å²) in [6.45, 7) is 0. The number of halogens is 3. The number of aliphatic carboxylic acids is 1. The lowest BCUT2D eigenvalue weighted by atomic mass is 10.0. The Morgan fingerprint density at radius 3 is 2.46 bits per heavy atom. The van der Waals surface area contributed by atoms with Crippen molar-refractivity contribution in [2.75, 3.05) is 0 Å². The molecule has 1 fully saturated rings. The van der Waals surface area contributed by atoms with E-state index in [1.54, 1.807) is 0 Å². The van der Waals surface area contributed by atoms with Gasteiger partial charge >= 0.3 is 5.97 Å². The number of hydrogen-bond donors (Lipinski definition) is 2. The largest absolute Gasteiger partial charge is 0.481 e. The number of rotatable bonds is 8. The fourth-order valence-electron chi connectivity index (χ4n) is 3.21. The minimum absolute atomic E-state index is 0.0525. The first kappa shape index (κ1) is 19.9. The van der Waals surface area contributed by atoms with Gasteiger partial charge in [0.2, 0.25) is 5.91 Å². The van der Waals surface area contributed by atoms with Crippen molar-refractivity contribution >= 4 is 11.9 Å². The summed E-state index contributed by atoms with van der Waals surface area (Å²) in [6, 6.07) is 7.81. The topological polar surface area (TPSA) is 66.4 Å². The Labute approximate surface area is 160 Å². The van der Waals surface area contributed by atoms with E-state index in [0.29, 0.717) is 18.1 Å². The maximum absolute atomic E-state index is 13.9. The second kappa shape index (κ2) is 8.46. The standard InChI is InChI=1S/C21H20F3NO3/c22-17-11-19(24)18(23)9-15(17)8-16(10-21(27)28)25-20(26)7-12-2-1-3-14(6-12)13-4-5-13/h1-3,6,9,11,13,16H,4-5,7-8,10H2,(H,25,26)(H,27,28). The zero-order valence-electron chi connectivity index (χ0n) is 15.1. The van der Waals surface area contributed by atoms with Crippen LogP contribution in [0.3, 0.4) is 0 Å². The molecule has 0 aromatic heterocycles. The first-order chi connectivity index (χ1) is 13.3. The molecule has 0 bridgehead atoms. The van der Waals surface area contributed by atoms with Gasteiger partial charge in [0.25, 0.3) is 0 Å². The van der Waals surface area contributed by atoms with E-state index in [-0.39, 0.29) is 18.4 Å². The molecule has 0 heterocycles. The Morgan fingerprint density at radius 2 is 1.79 bits per heavy atom. The highest BCUT2D eigenvalue weighted by Gasteiger charge is 2.24. The molecule has 7 heteroatoms. The molecule has 1 unspecified atom stereocenters. The third kappa shape index (κ3) is 5.34. The molecule has 2 N–H and O–H groups in total. The van der Waals surface area contributed by atoms with Crippen LogP contribution in [0, 0.1) is 17.5 Å². The molecule has 0 radical (unpaired) electrons. The van der Waals surface area contributed by atoms with Crippen LogP contribution in [-0.2, 0) is 22.4 Å². The van der Waals surface area contributed by atoms with Crippen molar-refractivity contribution in [1.82, 2.24) is 5.32 Å². The quantitative estimate of drug-likeness (QED) is 0.674. The maximum Gasteiger partial charge on any atom is 0.305 e. The molecule has 1 aliphatic carbocycles. The van der Waals surface area contributed by atoms with Gasteiger partial charge in [0.1, 0.15) is 5.82 Å². The van der Waals surface area contributed by atoms with Crippen LogP contribution in [0.1, 0.15) is 41.9 Å². The number of carbonyl (C=O) groups excluding carboxylic acids is 1. The van der Waals surface area contributed by atoms with E-state index >= 15 is 0 Å². The SMILES string of the molecule is O=C(O)CC(Cc1cc(F)c(F)cc1F)NC(=O)Cc1cccc(C2CC2)c1. The van der Waals surface area contributed by atoms with Crippen molar-refractivity contribution in [3.63, 3.8) is 0 Å². The molecule has 0 saturated heterocycles. The summed E-state index contributed by atoms with van der Waals surface area (Å²) in [7, 11) is 0. The van der Waals surface area contributed by atoms with Crippen LogP contribution < -0.4 is 5.32 Å². The summed E-state index contributed by atoms with van der Waals surface area (Å²) in [5, 5.41) is 11.6. The minimum atomic E-state index is -1.32. The van der Waals surface area contributed by atoms with E-state index in [0.717, 1.165) is 18.4 Å². The Kier molecular flexibility index (Phi) is 6.02. The van der Waals surface area contributed by atoms with Crippen molar-refractivity contribution in [2.24, 2.45) is 0 Å². The van der Waals surface area contributed by atoms with Gasteiger partial charge in [0, 0.05) is 12.1 Å². The minimum Gasteiger partial charge on any atom is -0.481 e. The third-order valence-electron chi connectivity index (χ3n) is 4.71. The van der Waals surface area contributed by atoms with Gasteiger partial charge < -0.3 is 10.4 Å². The molecule has 2 aromatic carbocycles. The first-order valence-electron chi connectivity index (χ1n) is 9.05. The average molecular weight is 391 g/mol. The van der Waals surface area contributed by atoms with Crippen LogP contribution in [0.5, 0.6) is 0 Å².